The van der Waals surface area contributed by atoms with Gasteiger partial charge in [-0.05, 0) is 42.3 Å². The second kappa shape index (κ2) is 8.52. The lowest BCUT2D eigenvalue weighted by molar-refractivity contribution is -0.116. The molecule has 154 valence electrons. The highest BCUT2D eigenvalue weighted by molar-refractivity contribution is 7.89. The minimum absolute atomic E-state index is 0.0291. The number of fused-ring (bicyclic) bond motifs is 1. The van der Waals surface area contributed by atoms with Gasteiger partial charge < -0.3 is 10.2 Å². The first-order chi connectivity index (χ1) is 14.0. The first-order valence-electron chi connectivity index (χ1n) is 9.96. The lowest BCUT2D eigenvalue weighted by Gasteiger charge is -2.36. The third kappa shape index (κ3) is 4.77. The number of hydrogen-bond donors (Lipinski definition) is 2. The summed E-state index contributed by atoms with van der Waals surface area (Å²) in [5.74, 6) is -0.0291. The molecule has 2 heterocycles. The van der Waals surface area contributed by atoms with Gasteiger partial charge in [0.1, 0.15) is 0 Å². The van der Waals surface area contributed by atoms with Crippen molar-refractivity contribution in [2.24, 2.45) is 0 Å². The molecule has 0 atom stereocenters. The fraction of sp³-hybridized carbons (Fsp3) is 0.381. The number of anilines is 2. The summed E-state index contributed by atoms with van der Waals surface area (Å²) in [6.45, 7) is 4.76. The van der Waals surface area contributed by atoms with Gasteiger partial charge in [-0.15, -0.1) is 0 Å². The molecule has 29 heavy (non-hydrogen) atoms. The van der Waals surface area contributed by atoms with Gasteiger partial charge in [-0.2, -0.15) is 0 Å². The van der Waals surface area contributed by atoms with Crippen molar-refractivity contribution in [3.05, 3.63) is 54.1 Å². The Kier molecular flexibility index (Phi) is 5.84. The lowest BCUT2D eigenvalue weighted by atomic mass is 10.0. The first kappa shape index (κ1) is 19.9. The molecule has 2 aliphatic heterocycles. The van der Waals surface area contributed by atoms with Crippen LogP contribution in [0.4, 0.5) is 11.4 Å². The average Bonchev–Trinajstić information content (AvgIpc) is 2.74. The van der Waals surface area contributed by atoms with Crippen LogP contribution in [0.25, 0.3) is 0 Å². The van der Waals surface area contributed by atoms with E-state index in [1.54, 1.807) is 18.2 Å². The van der Waals surface area contributed by atoms with Gasteiger partial charge >= 0.3 is 0 Å². The molecule has 7 nitrogen and oxygen atoms in total. The van der Waals surface area contributed by atoms with E-state index in [1.807, 2.05) is 18.2 Å². The first-order valence-corrected chi connectivity index (χ1v) is 11.4. The normalized spacial score (nSPS) is 17.7. The highest BCUT2D eigenvalue weighted by Gasteiger charge is 2.21. The number of rotatable bonds is 6. The number of nitrogens with zero attached hydrogens (tertiary/aromatic N) is 2. The fourth-order valence-electron chi connectivity index (χ4n) is 3.82. The Labute approximate surface area is 171 Å². The van der Waals surface area contributed by atoms with Crippen LogP contribution in [0, 0.1) is 0 Å². The average molecular weight is 415 g/mol. The smallest absolute Gasteiger partial charge is 0.240 e. The molecule has 0 unspecified atom stereocenters. The maximum atomic E-state index is 12.6. The van der Waals surface area contributed by atoms with E-state index in [1.165, 1.54) is 5.69 Å². The number of benzene rings is 2. The molecule has 0 aromatic heterocycles. The van der Waals surface area contributed by atoms with E-state index in [0.29, 0.717) is 31.6 Å². The number of para-hydroxylation sites is 1. The van der Waals surface area contributed by atoms with Gasteiger partial charge in [-0.3, -0.25) is 9.69 Å². The molecule has 1 saturated heterocycles. The van der Waals surface area contributed by atoms with Crippen LogP contribution in [-0.2, 0) is 21.2 Å². The van der Waals surface area contributed by atoms with Crippen LogP contribution in [0.3, 0.4) is 0 Å². The zero-order valence-corrected chi connectivity index (χ0v) is 17.1. The van der Waals surface area contributed by atoms with Gasteiger partial charge in [-0.1, -0.05) is 18.2 Å². The molecule has 2 aliphatic rings. The van der Waals surface area contributed by atoms with Crippen molar-refractivity contribution in [2.75, 3.05) is 49.5 Å². The monoisotopic (exact) mass is 414 g/mol. The van der Waals surface area contributed by atoms with Crippen LogP contribution in [0.1, 0.15) is 12.0 Å². The van der Waals surface area contributed by atoms with Gasteiger partial charge in [0.15, 0.2) is 0 Å². The van der Waals surface area contributed by atoms with E-state index in [4.69, 9.17) is 0 Å². The second-order valence-corrected chi connectivity index (χ2v) is 9.20. The molecule has 0 radical (unpaired) electrons. The van der Waals surface area contributed by atoms with Crippen molar-refractivity contribution in [3.63, 3.8) is 0 Å². The van der Waals surface area contributed by atoms with E-state index >= 15 is 0 Å². The number of carbonyl (C=O) groups excluding carboxylic acids is 1. The molecule has 0 aliphatic carbocycles. The van der Waals surface area contributed by atoms with Crippen molar-refractivity contribution in [2.45, 2.75) is 17.7 Å². The van der Waals surface area contributed by atoms with E-state index in [2.05, 4.69) is 32.0 Å². The van der Waals surface area contributed by atoms with Crippen LogP contribution in [0.2, 0.25) is 0 Å². The predicted octanol–water partition coefficient (Wildman–Crippen LogP) is 1.67. The number of sulfonamides is 1. The standard InChI is InChI=1S/C21H26N4O3S/c26-21-9-6-17-16-19(7-8-20(17)23-21)29(27,28)22-10-11-24-12-14-25(15-13-24)18-4-2-1-3-5-18/h1-5,7-8,16,22H,6,9-15H2,(H,23,26). The van der Waals surface area contributed by atoms with Gasteiger partial charge in [0.2, 0.25) is 15.9 Å². The summed E-state index contributed by atoms with van der Waals surface area (Å²) < 4.78 is 28.0. The molecule has 1 fully saturated rings. The minimum atomic E-state index is -3.56. The number of hydrogen-bond acceptors (Lipinski definition) is 5. The summed E-state index contributed by atoms with van der Waals surface area (Å²) in [6.07, 6.45) is 0.953. The summed E-state index contributed by atoms with van der Waals surface area (Å²) in [7, 11) is -3.56. The van der Waals surface area contributed by atoms with Gasteiger partial charge in [0.05, 0.1) is 4.90 Å². The molecular weight excluding hydrogens is 388 g/mol. The van der Waals surface area contributed by atoms with Crippen molar-refractivity contribution >= 4 is 27.3 Å². The number of carbonyl (C=O) groups is 1. The quantitative estimate of drug-likeness (QED) is 0.752. The molecule has 4 rings (SSSR count). The van der Waals surface area contributed by atoms with Crippen molar-refractivity contribution in [1.82, 2.24) is 9.62 Å². The van der Waals surface area contributed by atoms with Gasteiger partial charge in [0.25, 0.3) is 0 Å². The van der Waals surface area contributed by atoms with Crippen LogP contribution in [0.5, 0.6) is 0 Å². The van der Waals surface area contributed by atoms with Crippen LogP contribution < -0.4 is 14.9 Å². The van der Waals surface area contributed by atoms with Crippen LogP contribution in [-0.4, -0.2) is 58.5 Å². The summed E-state index contributed by atoms with van der Waals surface area (Å²) in [4.78, 5) is 16.3. The largest absolute Gasteiger partial charge is 0.369 e. The van der Waals surface area contributed by atoms with E-state index in [-0.39, 0.29) is 10.8 Å². The Morgan fingerprint density at radius 1 is 0.966 bits per heavy atom. The molecule has 8 heteroatoms. The number of aryl methyl sites for hydroxylation is 1. The van der Waals surface area contributed by atoms with E-state index in [9.17, 15) is 13.2 Å². The SMILES string of the molecule is O=C1CCc2cc(S(=O)(=O)NCCN3CCN(c4ccccc4)CC3)ccc2N1. The summed E-state index contributed by atoms with van der Waals surface area (Å²) in [5.41, 5.74) is 2.80. The highest BCUT2D eigenvalue weighted by Crippen LogP contribution is 2.25. The molecular formula is C21H26N4O3S. The Balaban J connectivity index is 1.28. The van der Waals surface area contributed by atoms with Crippen molar-refractivity contribution < 1.29 is 13.2 Å². The zero-order valence-electron chi connectivity index (χ0n) is 16.3. The summed E-state index contributed by atoms with van der Waals surface area (Å²) in [5, 5.41) is 2.78. The van der Waals surface area contributed by atoms with Crippen molar-refractivity contribution in [1.29, 1.82) is 0 Å². The Hall–Kier alpha value is -2.42. The lowest BCUT2D eigenvalue weighted by Crippen LogP contribution is -2.48. The number of nitrogens with one attached hydrogen (secondary N) is 2. The van der Waals surface area contributed by atoms with Crippen molar-refractivity contribution in [3.8, 4) is 0 Å². The third-order valence-electron chi connectivity index (χ3n) is 5.50. The molecule has 1 amide bonds. The molecule has 0 spiro atoms. The zero-order chi connectivity index (χ0) is 20.3. The summed E-state index contributed by atoms with van der Waals surface area (Å²) >= 11 is 0. The van der Waals surface area contributed by atoms with E-state index in [0.717, 1.165) is 31.7 Å². The fourth-order valence-corrected chi connectivity index (χ4v) is 4.89. The Morgan fingerprint density at radius 3 is 2.48 bits per heavy atom. The predicted molar refractivity (Wildman–Crippen MR) is 114 cm³/mol. The van der Waals surface area contributed by atoms with E-state index < -0.39 is 10.0 Å². The summed E-state index contributed by atoms with van der Waals surface area (Å²) in [6, 6.07) is 15.2. The number of amides is 1. The van der Waals surface area contributed by atoms with Gasteiger partial charge in [0, 0.05) is 57.1 Å². The maximum absolute atomic E-state index is 12.6. The molecule has 2 aromatic rings. The maximum Gasteiger partial charge on any atom is 0.240 e. The Morgan fingerprint density at radius 2 is 1.72 bits per heavy atom. The molecule has 2 N–H and O–H groups in total. The number of piperazine rings is 1. The minimum Gasteiger partial charge on any atom is -0.369 e. The second-order valence-electron chi connectivity index (χ2n) is 7.43. The van der Waals surface area contributed by atoms with Gasteiger partial charge in [-0.25, -0.2) is 13.1 Å². The highest BCUT2D eigenvalue weighted by atomic mass is 32.2. The molecule has 2 aromatic carbocycles. The molecule has 0 saturated carbocycles. The van der Waals surface area contributed by atoms with Crippen LogP contribution in [0.15, 0.2) is 53.4 Å². The van der Waals surface area contributed by atoms with Crippen LogP contribution >= 0.6 is 0 Å². The topological polar surface area (TPSA) is 81.8 Å². The molecule has 0 bridgehead atoms. The third-order valence-corrected chi connectivity index (χ3v) is 6.95. The Bertz CT molecular complexity index is 971.